The van der Waals surface area contributed by atoms with E-state index >= 15 is 0 Å². The summed E-state index contributed by atoms with van der Waals surface area (Å²) >= 11 is 1.43. The molecular weight excluding hydrogens is 402 g/mol. The molecule has 0 fully saturated rings. The van der Waals surface area contributed by atoms with Gasteiger partial charge in [0.25, 0.3) is 0 Å². The molecule has 1 amide bonds. The zero-order chi connectivity index (χ0) is 20.2. The van der Waals surface area contributed by atoms with Gasteiger partial charge in [0.2, 0.25) is 5.16 Å². The summed E-state index contributed by atoms with van der Waals surface area (Å²) in [4.78, 5) is 12.6. The number of carbonyl (C=O) groups excluding carboxylic acids is 1. The van der Waals surface area contributed by atoms with Crippen LogP contribution in [0.2, 0.25) is 0 Å². The number of aromatic nitrogens is 3. The first kappa shape index (κ1) is 19.2. The average Bonchev–Trinajstić information content (AvgIpc) is 3.15. The van der Waals surface area contributed by atoms with E-state index in [9.17, 15) is 13.6 Å². The first-order valence-corrected chi connectivity index (χ1v) is 9.74. The molecule has 0 spiro atoms. The SMILES string of the molecule is O=C(OCc1ccccc1)N1CCSc2nnc(COc3ccc(F)cc3F)n21. The third-order valence-corrected chi connectivity index (χ3v) is 5.02. The van der Waals surface area contributed by atoms with Gasteiger partial charge in [0, 0.05) is 11.8 Å². The average molecular weight is 418 g/mol. The Labute approximate surface area is 169 Å². The van der Waals surface area contributed by atoms with Crippen LogP contribution in [0.25, 0.3) is 0 Å². The van der Waals surface area contributed by atoms with E-state index in [-0.39, 0.29) is 19.0 Å². The highest BCUT2D eigenvalue weighted by molar-refractivity contribution is 7.99. The fourth-order valence-corrected chi connectivity index (χ4v) is 3.61. The molecule has 0 saturated heterocycles. The largest absolute Gasteiger partial charge is 0.482 e. The Morgan fingerprint density at radius 1 is 1.10 bits per heavy atom. The fourth-order valence-electron chi connectivity index (χ4n) is 2.74. The number of halogens is 2. The minimum Gasteiger partial charge on any atom is -0.482 e. The molecule has 0 radical (unpaired) electrons. The molecule has 3 aromatic rings. The van der Waals surface area contributed by atoms with E-state index in [1.807, 2.05) is 30.3 Å². The number of benzene rings is 2. The maximum Gasteiger partial charge on any atom is 0.429 e. The molecule has 29 heavy (non-hydrogen) atoms. The molecule has 0 saturated carbocycles. The number of hydrogen-bond donors (Lipinski definition) is 0. The lowest BCUT2D eigenvalue weighted by atomic mass is 10.2. The number of rotatable bonds is 5. The highest BCUT2D eigenvalue weighted by Gasteiger charge is 2.29. The lowest BCUT2D eigenvalue weighted by Gasteiger charge is -2.28. The van der Waals surface area contributed by atoms with Crippen LogP contribution in [-0.4, -0.2) is 33.3 Å². The van der Waals surface area contributed by atoms with Gasteiger partial charge in [0.15, 0.2) is 17.4 Å². The smallest absolute Gasteiger partial charge is 0.429 e. The van der Waals surface area contributed by atoms with Crippen LogP contribution in [0, 0.1) is 11.6 Å². The van der Waals surface area contributed by atoms with Gasteiger partial charge in [-0.05, 0) is 17.7 Å². The van der Waals surface area contributed by atoms with Gasteiger partial charge in [0.1, 0.15) is 19.0 Å². The van der Waals surface area contributed by atoms with Gasteiger partial charge in [0.05, 0.1) is 6.54 Å². The van der Waals surface area contributed by atoms with Crippen LogP contribution in [0.15, 0.2) is 53.7 Å². The molecule has 2 heterocycles. The lowest BCUT2D eigenvalue weighted by molar-refractivity contribution is 0.138. The third kappa shape index (κ3) is 4.32. The number of nitrogens with zero attached hydrogens (tertiary/aromatic N) is 4. The normalized spacial score (nSPS) is 13.1. The van der Waals surface area contributed by atoms with E-state index in [1.54, 1.807) is 0 Å². The van der Waals surface area contributed by atoms with Crippen molar-refractivity contribution in [3.63, 3.8) is 0 Å². The van der Waals surface area contributed by atoms with Crippen molar-refractivity contribution in [1.29, 1.82) is 0 Å². The summed E-state index contributed by atoms with van der Waals surface area (Å²) in [6.07, 6.45) is -0.551. The minimum absolute atomic E-state index is 0.120. The summed E-state index contributed by atoms with van der Waals surface area (Å²) in [6, 6.07) is 12.4. The van der Waals surface area contributed by atoms with Crippen LogP contribution in [0.5, 0.6) is 5.75 Å². The van der Waals surface area contributed by atoms with Gasteiger partial charge in [-0.3, -0.25) is 0 Å². The van der Waals surface area contributed by atoms with Crippen LogP contribution in [0.3, 0.4) is 0 Å². The van der Waals surface area contributed by atoms with E-state index in [2.05, 4.69) is 10.2 Å². The maximum absolute atomic E-state index is 13.8. The van der Waals surface area contributed by atoms with Crippen LogP contribution in [0.1, 0.15) is 11.4 Å². The molecule has 1 aliphatic rings. The Balaban J connectivity index is 1.47. The highest BCUT2D eigenvalue weighted by atomic mass is 32.2. The Bertz CT molecular complexity index is 1020. The van der Waals surface area contributed by atoms with Crippen molar-refractivity contribution >= 4 is 17.9 Å². The number of ether oxygens (including phenoxy) is 2. The topological polar surface area (TPSA) is 69.5 Å². The monoisotopic (exact) mass is 418 g/mol. The van der Waals surface area contributed by atoms with Crippen LogP contribution in [0.4, 0.5) is 13.6 Å². The predicted molar refractivity (Wildman–Crippen MR) is 101 cm³/mol. The van der Waals surface area contributed by atoms with Crippen molar-refractivity contribution in [2.75, 3.05) is 17.3 Å². The number of hydrogen-bond acceptors (Lipinski definition) is 6. The summed E-state index contributed by atoms with van der Waals surface area (Å²) in [5.41, 5.74) is 0.867. The second-order valence-corrected chi connectivity index (χ2v) is 7.15. The Morgan fingerprint density at radius 2 is 1.93 bits per heavy atom. The van der Waals surface area contributed by atoms with Gasteiger partial charge < -0.3 is 9.47 Å². The molecular formula is C19H16F2N4O3S. The molecule has 1 aliphatic heterocycles. The third-order valence-electron chi connectivity index (χ3n) is 4.12. The Morgan fingerprint density at radius 3 is 2.72 bits per heavy atom. The molecule has 4 rings (SSSR count). The zero-order valence-corrected chi connectivity index (χ0v) is 15.9. The number of fused-ring (bicyclic) bond motifs is 1. The molecule has 0 N–H and O–H groups in total. The van der Waals surface area contributed by atoms with Crippen LogP contribution in [-0.2, 0) is 18.0 Å². The van der Waals surface area contributed by atoms with Crippen molar-refractivity contribution < 1.29 is 23.0 Å². The van der Waals surface area contributed by atoms with Crippen molar-refractivity contribution in [1.82, 2.24) is 14.9 Å². The first-order valence-electron chi connectivity index (χ1n) is 8.75. The summed E-state index contributed by atoms with van der Waals surface area (Å²) < 4.78 is 39.1. The van der Waals surface area contributed by atoms with E-state index in [1.165, 1.54) is 27.5 Å². The molecule has 0 aliphatic carbocycles. The lowest BCUT2D eigenvalue weighted by Crippen LogP contribution is -2.46. The van der Waals surface area contributed by atoms with Crippen molar-refractivity contribution in [2.24, 2.45) is 0 Å². The van der Waals surface area contributed by atoms with Gasteiger partial charge in [-0.2, -0.15) is 0 Å². The fraction of sp³-hybridized carbons (Fsp3) is 0.211. The number of amides is 1. The Kier molecular flexibility index (Phi) is 5.61. The number of carbonyl (C=O) groups is 1. The standard InChI is InChI=1S/C19H16F2N4O3S/c20-14-6-7-16(15(21)10-14)27-12-17-22-23-18-25(17)24(8-9-29-18)19(26)28-11-13-4-2-1-3-5-13/h1-7,10H,8-9,11-12H2. The van der Waals surface area contributed by atoms with Gasteiger partial charge >= 0.3 is 6.09 Å². The van der Waals surface area contributed by atoms with Crippen molar-refractivity contribution in [2.45, 2.75) is 18.4 Å². The van der Waals surface area contributed by atoms with Crippen LogP contribution < -0.4 is 9.75 Å². The predicted octanol–water partition coefficient (Wildman–Crippen LogP) is 3.52. The minimum atomic E-state index is -0.822. The summed E-state index contributed by atoms with van der Waals surface area (Å²) in [5, 5.41) is 9.97. The van der Waals surface area contributed by atoms with Crippen molar-refractivity contribution in [3.8, 4) is 5.75 Å². The molecule has 0 unspecified atom stereocenters. The molecule has 1 aromatic heterocycles. The second-order valence-electron chi connectivity index (χ2n) is 6.09. The molecule has 2 aromatic carbocycles. The van der Waals surface area contributed by atoms with E-state index < -0.39 is 17.7 Å². The summed E-state index contributed by atoms with van der Waals surface area (Å²) in [7, 11) is 0. The maximum atomic E-state index is 13.8. The number of thioether (sulfide) groups is 1. The molecule has 0 bridgehead atoms. The van der Waals surface area contributed by atoms with E-state index in [0.29, 0.717) is 23.3 Å². The van der Waals surface area contributed by atoms with E-state index in [4.69, 9.17) is 9.47 Å². The zero-order valence-electron chi connectivity index (χ0n) is 15.1. The highest BCUT2D eigenvalue weighted by Crippen LogP contribution is 2.24. The van der Waals surface area contributed by atoms with Gasteiger partial charge in [-0.15, -0.1) is 10.2 Å². The molecule has 150 valence electrons. The Hall–Kier alpha value is -3.14. The van der Waals surface area contributed by atoms with Crippen LogP contribution >= 0.6 is 11.8 Å². The second kappa shape index (κ2) is 8.48. The van der Waals surface area contributed by atoms with E-state index in [0.717, 1.165) is 17.7 Å². The summed E-state index contributed by atoms with van der Waals surface area (Å²) in [5.74, 6) is -0.709. The van der Waals surface area contributed by atoms with Crippen molar-refractivity contribution in [3.05, 3.63) is 71.6 Å². The quantitative estimate of drug-likeness (QED) is 0.632. The summed E-state index contributed by atoms with van der Waals surface area (Å²) in [6.45, 7) is 0.368. The van der Waals surface area contributed by atoms with Gasteiger partial charge in [-0.1, -0.05) is 42.1 Å². The van der Waals surface area contributed by atoms with Gasteiger partial charge in [-0.25, -0.2) is 23.3 Å². The first-order chi connectivity index (χ1) is 14.1. The molecule has 10 heteroatoms. The molecule has 0 atom stereocenters. The molecule has 7 nitrogen and oxygen atoms in total.